The van der Waals surface area contributed by atoms with Crippen molar-refractivity contribution in [3.8, 4) is 0 Å². The molecule has 1 aliphatic heterocycles. The normalized spacial score (nSPS) is 26.1. The molecule has 3 nitrogen and oxygen atoms in total. The molecule has 0 aliphatic carbocycles. The third kappa shape index (κ3) is 2.78. The highest BCUT2D eigenvalue weighted by Gasteiger charge is 2.32. The Morgan fingerprint density at radius 2 is 2.16 bits per heavy atom. The number of dihydropyridines is 1. The Hall–Kier alpha value is -1.42. The van der Waals surface area contributed by atoms with Crippen LogP contribution in [0.5, 0.6) is 0 Å². The van der Waals surface area contributed by atoms with Crippen LogP contribution in [-0.4, -0.2) is 21.6 Å². The molecule has 2 unspecified atom stereocenters. The molecule has 1 heterocycles. The van der Waals surface area contributed by atoms with E-state index in [1.807, 2.05) is 38.1 Å². The molecule has 0 radical (unpaired) electrons. The van der Waals surface area contributed by atoms with Crippen molar-refractivity contribution in [2.45, 2.75) is 30.6 Å². The van der Waals surface area contributed by atoms with E-state index in [9.17, 15) is 9.90 Å². The first-order chi connectivity index (χ1) is 8.97. The van der Waals surface area contributed by atoms with Crippen LogP contribution >= 0.6 is 15.9 Å². The number of hydrogen-bond acceptors (Lipinski definition) is 2. The van der Waals surface area contributed by atoms with Gasteiger partial charge in [-0.05, 0) is 30.5 Å². The molecule has 1 aliphatic rings. The molecule has 1 aromatic carbocycles. The summed E-state index contributed by atoms with van der Waals surface area (Å²) in [6, 6.07) is 7.33. The zero-order valence-electron chi connectivity index (χ0n) is 10.9. The highest BCUT2D eigenvalue weighted by molar-refractivity contribution is 9.10. The third-order valence-corrected chi connectivity index (χ3v) is 4.39. The van der Waals surface area contributed by atoms with Crippen molar-refractivity contribution in [1.29, 1.82) is 0 Å². The lowest BCUT2D eigenvalue weighted by Crippen LogP contribution is -2.27. The van der Waals surface area contributed by atoms with Gasteiger partial charge >= 0.3 is 5.97 Å². The minimum Gasteiger partial charge on any atom is -0.478 e. The van der Waals surface area contributed by atoms with Gasteiger partial charge in [0.15, 0.2) is 0 Å². The fourth-order valence-electron chi connectivity index (χ4n) is 2.17. The van der Waals surface area contributed by atoms with E-state index < -0.39 is 16.3 Å². The lowest BCUT2D eigenvalue weighted by Gasteiger charge is -2.27. The summed E-state index contributed by atoms with van der Waals surface area (Å²) in [5.41, 5.74) is 2.32. The standard InChI is InChI=1S/C15H16BrNO2/c1-3-15(16)8-12(14(18)19)13(17-9-15)11-7-5-4-6-10(11)2/h4-9,13H,3H2,1-2H3,(H,18,19). The van der Waals surface area contributed by atoms with Gasteiger partial charge in [-0.25, -0.2) is 4.79 Å². The zero-order chi connectivity index (χ0) is 14.0. The number of rotatable bonds is 3. The minimum atomic E-state index is -0.914. The topological polar surface area (TPSA) is 49.7 Å². The van der Waals surface area contributed by atoms with E-state index in [2.05, 4.69) is 20.9 Å². The summed E-state index contributed by atoms with van der Waals surface area (Å²) < 4.78 is -0.445. The number of hydrogen-bond donors (Lipinski definition) is 1. The van der Waals surface area contributed by atoms with Crippen LogP contribution in [0.1, 0.15) is 30.5 Å². The number of halogens is 1. The molecule has 2 atom stereocenters. The fourth-order valence-corrected chi connectivity index (χ4v) is 2.53. The number of aliphatic imine (C=N–C) groups is 1. The summed E-state index contributed by atoms with van der Waals surface area (Å²) in [5.74, 6) is -0.914. The minimum absolute atomic E-state index is 0.329. The van der Waals surface area contributed by atoms with Crippen molar-refractivity contribution in [2.24, 2.45) is 4.99 Å². The molecule has 0 fully saturated rings. The van der Waals surface area contributed by atoms with Gasteiger partial charge in [-0.1, -0.05) is 47.1 Å². The second-order valence-corrected chi connectivity index (χ2v) is 6.20. The summed E-state index contributed by atoms with van der Waals surface area (Å²) >= 11 is 3.53. The summed E-state index contributed by atoms with van der Waals surface area (Å²) in [5, 5.41) is 9.43. The summed E-state index contributed by atoms with van der Waals surface area (Å²) in [7, 11) is 0. The quantitative estimate of drug-likeness (QED) is 0.863. The van der Waals surface area contributed by atoms with Crippen LogP contribution in [0, 0.1) is 6.92 Å². The molecule has 2 rings (SSSR count). The molecule has 0 aromatic heterocycles. The number of alkyl halides is 1. The molecule has 0 amide bonds. The van der Waals surface area contributed by atoms with Crippen LogP contribution < -0.4 is 0 Å². The van der Waals surface area contributed by atoms with Crippen molar-refractivity contribution in [3.05, 3.63) is 47.0 Å². The molecule has 0 saturated heterocycles. The molecule has 1 aromatic rings. The second kappa shape index (κ2) is 5.29. The van der Waals surface area contributed by atoms with Gasteiger partial charge in [0, 0.05) is 6.21 Å². The van der Waals surface area contributed by atoms with Crippen molar-refractivity contribution in [1.82, 2.24) is 0 Å². The predicted molar refractivity (Wildman–Crippen MR) is 80.1 cm³/mol. The summed E-state index contributed by atoms with van der Waals surface area (Å²) in [4.78, 5) is 16.0. The van der Waals surface area contributed by atoms with Crippen LogP contribution in [0.15, 0.2) is 40.9 Å². The van der Waals surface area contributed by atoms with Crippen molar-refractivity contribution in [3.63, 3.8) is 0 Å². The Balaban J connectivity index is 2.48. The SMILES string of the molecule is CCC1(Br)C=NC(c2ccccc2C)C(C(=O)O)=C1. The molecule has 19 heavy (non-hydrogen) atoms. The predicted octanol–water partition coefficient (Wildman–Crippen LogP) is 3.68. The molecule has 0 bridgehead atoms. The van der Waals surface area contributed by atoms with E-state index >= 15 is 0 Å². The molecule has 1 N–H and O–H groups in total. The number of carboxylic acids is 1. The lowest BCUT2D eigenvalue weighted by molar-refractivity contribution is -0.133. The maximum Gasteiger partial charge on any atom is 0.333 e. The van der Waals surface area contributed by atoms with E-state index in [4.69, 9.17) is 0 Å². The van der Waals surface area contributed by atoms with Gasteiger partial charge in [0.25, 0.3) is 0 Å². The van der Waals surface area contributed by atoms with Gasteiger partial charge in [-0.3, -0.25) is 4.99 Å². The smallest absolute Gasteiger partial charge is 0.333 e. The highest BCUT2D eigenvalue weighted by Crippen LogP contribution is 2.37. The third-order valence-electron chi connectivity index (χ3n) is 3.40. The Labute approximate surface area is 121 Å². The van der Waals surface area contributed by atoms with Crippen LogP contribution in [0.3, 0.4) is 0 Å². The van der Waals surface area contributed by atoms with Gasteiger partial charge in [-0.15, -0.1) is 0 Å². The fraction of sp³-hybridized carbons (Fsp3) is 0.333. The average molecular weight is 322 g/mol. The molecule has 0 spiro atoms. The maximum absolute atomic E-state index is 11.5. The molecule has 100 valence electrons. The number of aliphatic carboxylic acids is 1. The van der Waals surface area contributed by atoms with Gasteiger partial charge in [-0.2, -0.15) is 0 Å². The largest absolute Gasteiger partial charge is 0.478 e. The molecule has 0 saturated carbocycles. The Morgan fingerprint density at radius 1 is 1.47 bits per heavy atom. The number of nitrogens with zero attached hydrogens (tertiary/aromatic N) is 1. The number of aryl methyl sites for hydroxylation is 1. The summed E-state index contributed by atoms with van der Waals surface area (Å²) in [6.07, 6.45) is 4.32. The number of carboxylic acid groups (broad SMARTS) is 1. The van der Waals surface area contributed by atoms with Crippen molar-refractivity contribution in [2.75, 3.05) is 0 Å². The molecule has 4 heteroatoms. The van der Waals surface area contributed by atoms with Crippen LogP contribution in [0.25, 0.3) is 0 Å². The Kier molecular flexibility index (Phi) is 3.90. The van der Waals surface area contributed by atoms with Crippen molar-refractivity contribution >= 4 is 28.1 Å². The first kappa shape index (κ1) is 14.0. The van der Waals surface area contributed by atoms with E-state index in [1.54, 1.807) is 12.3 Å². The monoisotopic (exact) mass is 321 g/mol. The zero-order valence-corrected chi connectivity index (χ0v) is 12.5. The maximum atomic E-state index is 11.5. The van der Waals surface area contributed by atoms with Gasteiger partial charge in [0.1, 0.15) is 6.04 Å². The van der Waals surface area contributed by atoms with Crippen molar-refractivity contribution < 1.29 is 9.90 Å². The molecular formula is C15H16BrNO2. The van der Waals surface area contributed by atoms with E-state index in [1.165, 1.54) is 0 Å². The Bertz CT molecular complexity index is 565. The van der Waals surface area contributed by atoms with Gasteiger partial charge in [0.2, 0.25) is 0 Å². The Morgan fingerprint density at radius 3 is 2.74 bits per heavy atom. The first-order valence-corrected chi connectivity index (χ1v) is 7.01. The number of carbonyl (C=O) groups is 1. The van der Waals surface area contributed by atoms with Gasteiger partial charge < -0.3 is 5.11 Å². The lowest BCUT2D eigenvalue weighted by atomic mass is 9.90. The van der Waals surface area contributed by atoms with Crippen LogP contribution in [0.4, 0.5) is 0 Å². The average Bonchev–Trinajstić information content (AvgIpc) is 2.40. The second-order valence-electron chi connectivity index (χ2n) is 4.72. The van der Waals surface area contributed by atoms with E-state index in [0.29, 0.717) is 5.57 Å². The van der Waals surface area contributed by atoms with E-state index in [0.717, 1.165) is 17.5 Å². The molecular weight excluding hydrogens is 306 g/mol. The van der Waals surface area contributed by atoms with Crippen LogP contribution in [-0.2, 0) is 4.79 Å². The summed E-state index contributed by atoms with van der Waals surface area (Å²) in [6.45, 7) is 3.96. The van der Waals surface area contributed by atoms with Crippen LogP contribution in [0.2, 0.25) is 0 Å². The van der Waals surface area contributed by atoms with Gasteiger partial charge in [0.05, 0.1) is 9.90 Å². The first-order valence-electron chi connectivity index (χ1n) is 6.21. The number of allylic oxidation sites excluding steroid dienone is 1. The number of benzene rings is 1. The van der Waals surface area contributed by atoms with E-state index in [-0.39, 0.29) is 0 Å². The highest BCUT2D eigenvalue weighted by atomic mass is 79.9.